The van der Waals surface area contributed by atoms with E-state index in [1.54, 1.807) is 0 Å². The van der Waals surface area contributed by atoms with Crippen molar-refractivity contribution in [3.63, 3.8) is 0 Å². The minimum Gasteiger partial charge on any atom is -0.353 e. The molecule has 1 amide bonds. The molecule has 0 saturated heterocycles. The van der Waals surface area contributed by atoms with Crippen molar-refractivity contribution in [1.29, 1.82) is 0 Å². The molecule has 1 aliphatic carbocycles. The molecule has 0 heterocycles. The van der Waals surface area contributed by atoms with Crippen molar-refractivity contribution in [1.82, 2.24) is 5.32 Å². The lowest BCUT2D eigenvalue weighted by molar-refractivity contribution is -0.125. The molecule has 0 bridgehead atoms. The molecule has 0 radical (unpaired) electrons. The molecule has 1 unspecified atom stereocenters. The van der Waals surface area contributed by atoms with Crippen molar-refractivity contribution in [3.8, 4) is 0 Å². The van der Waals surface area contributed by atoms with Crippen LogP contribution in [0.1, 0.15) is 58.8 Å². The standard InChI is InChI=1S/C13H26N2O/c1-3-6-11(4-2)15-12(16)9-13(10-14)7-5-8-13/h11H,3-10,14H2,1-2H3,(H,15,16). The molecule has 0 aromatic rings. The fourth-order valence-corrected chi connectivity index (χ4v) is 2.48. The number of amides is 1. The van der Waals surface area contributed by atoms with Crippen LogP contribution >= 0.6 is 0 Å². The Morgan fingerprint density at radius 1 is 1.44 bits per heavy atom. The van der Waals surface area contributed by atoms with Crippen molar-refractivity contribution >= 4 is 5.91 Å². The summed E-state index contributed by atoms with van der Waals surface area (Å²) in [7, 11) is 0. The summed E-state index contributed by atoms with van der Waals surface area (Å²) in [6.07, 6.45) is 7.34. The molecule has 94 valence electrons. The summed E-state index contributed by atoms with van der Waals surface area (Å²) < 4.78 is 0. The number of hydrogen-bond acceptors (Lipinski definition) is 2. The van der Waals surface area contributed by atoms with Crippen molar-refractivity contribution in [2.45, 2.75) is 64.8 Å². The summed E-state index contributed by atoms with van der Waals surface area (Å²) in [6.45, 7) is 4.94. The van der Waals surface area contributed by atoms with Gasteiger partial charge in [-0.25, -0.2) is 0 Å². The van der Waals surface area contributed by atoms with Crippen molar-refractivity contribution in [2.75, 3.05) is 6.54 Å². The van der Waals surface area contributed by atoms with Crippen LogP contribution < -0.4 is 11.1 Å². The largest absolute Gasteiger partial charge is 0.353 e. The van der Waals surface area contributed by atoms with E-state index in [0.29, 0.717) is 19.0 Å². The zero-order chi connectivity index (χ0) is 12.0. The van der Waals surface area contributed by atoms with Crippen molar-refractivity contribution < 1.29 is 4.79 Å². The Labute approximate surface area is 99.2 Å². The average Bonchev–Trinajstić information content (AvgIpc) is 2.23. The highest BCUT2D eigenvalue weighted by atomic mass is 16.1. The monoisotopic (exact) mass is 226 g/mol. The lowest BCUT2D eigenvalue weighted by Gasteiger charge is -2.40. The van der Waals surface area contributed by atoms with Crippen LogP contribution in [0.25, 0.3) is 0 Å². The van der Waals surface area contributed by atoms with Crippen LogP contribution in [0.3, 0.4) is 0 Å². The second-order valence-electron chi connectivity index (χ2n) is 5.20. The molecule has 1 aliphatic rings. The second kappa shape index (κ2) is 6.24. The highest BCUT2D eigenvalue weighted by Gasteiger charge is 2.37. The Balaban J connectivity index is 2.34. The first kappa shape index (κ1) is 13.5. The van der Waals surface area contributed by atoms with Gasteiger partial charge in [0.1, 0.15) is 0 Å². The molecular weight excluding hydrogens is 200 g/mol. The SMILES string of the molecule is CCCC(CC)NC(=O)CC1(CN)CCC1. The zero-order valence-corrected chi connectivity index (χ0v) is 10.7. The Kier molecular flexibility index (Phi) is 5.26. The summed E-state index contributed by atoms with van der Waals surface area (Å²) in [5, 5.41) is 3.13. The van der Waals surface area contributed by atoms with Crippen LogP contribution in [0.2, 0.25) is 0 Å². The third kappa shape index (κ3) is 3.48. The summed E-state index contributed by atoms with van der Waals surface area (Å²) >= 11 is 0. The maximum atomic E-state index is 11.9. The summed E-state index contributed by atoms with van der Waals surface area (Å²) in [6, 6.07) is 0.354. The quantitative estimate of drug-likeness (QED) is 0.699. The van der Waals surface area contributed by atoms with Crippen LogP contribution in [-0.4, -0.2) is 18.5 Å². The predicted molar refractivity (Wildman–Crippen MR) is 67.1 cm³/mol. The summed E-state index contributed by atoms with van der Waals surface area (Å²) in [5.74, 6) is 0.199. The number of hydrogen-bond donors (Lipinski definition) is 2. The van der Waals surface area contributed by atoms with Crippen molar-refractivity contribution in [2.24, 2.45) is 11.1 Å². The van der Waals surface area contributed by atoms with Gasteiger partial charge < -0.3 is 11.1 Å². The van der Waals surface area contributed by atoms with Gasteiger partial charge in [-0.05, 0) is 37.6 Å². The fourth-order valence-electron chi connectivity index (χ4n) is 2.48. The van der Waals surface area contributed by atoms with E-state index in [2.05, 4.69) is 19.2 Å². The van der Waals surface area contributed by atoms with E-state index in [9.17, 15) is 4.79 Å². The summed E-state index contributed by atoms with van der Waals surface area (Å²) in [4.78, 5) is 11.9. The van der Waals surface area contributed by atoms with Gasteiger partial charge in [0.2, 0.25) is 5.91 Å². The zero-order valence-electron chi connectivity index (χ0n) is 10.7. The second-order valence-corrected chi connectivity index (χ2v) is 5.20. The van der Waals surface area contributed by atoms with Gasteiger partial charge in [0.05, 0.1) is 0 Å². The lowest BCUT2D eigenvalue weighted by Crippen LogP contribution is -2.44. The number of carbonyl (C=O) groups is 1. The fraction of sp³-hybridized carbons (Fsp3) is 0.923. The van der Waals surface area contributed by atoms with E-state index in [1.807, 2.05) is 0 Å². The molecule has 16 heavy (non-hydrogen) atoms. The average molecular weight is 226 g/mol. The molecule has 0 aliphatic heterocycles. The number of nitrogens with one attached hydrogen (secondary N) is 1. The van der Waals surface area contributed by atoms with Gasteiger partial charge >= 0.3 is 0 Å². The minimum atomic E-state index is 0.134. The first-order valence-electron chi connectivity index (χ1n) is 6.65. The number of rotatable bonds is 7. The van der Waals surface area contributed by atoms with Crippen molar-refractivity contribution in [3.05, 3.63) is 0 Å². The molecule has 1 rings (SSSR count). The number of nitrogens with two attached hydrogens (primary N) is 1. The molecule has 3 N–H and O–H groups in total. The third-order valence-electron chi connectivity index (χ3n) is 3.88. The van der Waals surface area contributed by atoms with E-state index in [0.717, 1.165) is 32.1 Å². The Morgan fingerprint density at radius 2 is 2.12 bits per heavy atom. The molecule has 1 fully saturated rings. The van der Waals surface area contributed by atoms with Crippen LogP contribution in [0, 0.1) is 5.41 Å². The molecular formula is C13H26N2O. The lowest BCUT2D eigenvalue weighted by atomic mass is 9.66. The molecule has 1 atom stereocenters. The minimum absolute atomic E-state index is 0.134. The first-order chi connectivity index (χ1) is 7.65. The van der Waals surface area contributed by atoms with Gasteiger partial charge in [0.25, 0.3) is 0 Å². The van der Waals surface area contributed by atoms with E-state index < -0.39 is 0 Å². The Hall–Kier alpha value is -0.570. The molecule has 0 aromatic heterocycles. The Bertz CT molecular complexity index is 218. The molecule has 3 heteroatoms. The van der Waals surface area contributed by atoms with Gasteiger partial charge in [-0.15, -0.1) is 0 Å². The summed E-state index contributed by atoms with van der Waals surface area (Å²) in [5.41, 5.74) is 5.89. The van der Waals surface area contributed by atoms with Gasteiger partial charge in [-0.1, -0.05) is 26.7 Å². The van der Waals surface area contributed by atoms with Gasteiger partial charge in [-0.3, -0.25) is 4.79 Å². The molecule has 3 nitrogen and oxygen atoms in total. The van der Waals surface area contributed by atoms with Gasteiger partial charge in [0.15, 0.2) is 0 Å². The van der Waals surface area contributed by atoms with Crippen LogP contribution in [0.5, 0.6) is 0 Å². The topological polar surface area (TPSA) is 55.1 Å². The van der Waals surface area contributed by atoms with Gasteiger partial charge in [-0.2, -0.15) is 0 Å². The van der Waals surface area contributed by atoms with E-state index in [-0.39, 0.29) is 11.3 Å². The predicted octanol–water partition coefficient (Wildman–Crippen LogP) is 2.20. The maximum absolute atomic E-state index is 11.9. The van der Waals surface area contributed by atoms with E-state index in [1.165, 1.54) is 6.42 Å². The van der Waals surface area contributed by atoms with E-state index >= 15 is 0 Å². The molecule has 1 saturated carbocycles. The van der Waals surface area contributed by atoms with Crippen LogP contribution in [-0.2, 0) is 4.79 Å². The highest BCUT2D eigenvalue weighted by Crippen LogP contribution is 2.42. The first-order valence-corrected chi connectivity index (χ1v) is 6.65. The normalized spacial score (nSPS) is 19.9. The Morgan fingerprint density at radius 3 is 2.50 bits per heavy atom. The van der Waals surface area contributed by atoms with Gasteiger partial charge in [0, 0.05) is 12.5 Å². The maximum Gasteiger partial charge on any atom is 0.220 e. The smallest absolute Gasteiger partial charge is 0.220 e. The van der Waals surface area contributed by atoms with Crippen LogP contribution in [0.4, 0.5) is 0 Å². The number of carbonyl (C=O) groups excluding carboxylic acids is 1. The van der Waals surface area contributed by atoms with Crippen LogP contribution in [0.15, 0.2) is 0 Å². The van der Waals surface area contributed by atoms with E-state index in [4.69, 9.17) is 5.73 Å². The highest BCUT2D eigenvalue weighted by molar-refractivity contribution is 5.77. The third-order valence-corrected chi connectivity index (χ3v) is 3.88. The molecule has 0 spiro atoms. The molecule has 0 aromatic carbocycles.